The fourth-order valence-corrected chi connectivity index (χ4v) is 1.56. The second-order valence-electron chi connectivity index (χ2n) is 5.56. The van der Waals surface area contributed by atoms with Gasteiger partial charge in [0.2, 0.25) is 0 Å². The molecular weight excluding hydrogens is 288 g/mol. The average Bonchev–Trinajstić information content (AvgIpc) is 2.54. The largest absolute Gasteiger partial charge is 0.460 e. The fourth-order valence-electron chi connectivity index (χ4n) is 1.56. The highest BCUT2D eigenvalue weighted by atomic mass is 16.6. The lowest BCUT2D eigenvalue weighted by Crippen LogP contribution is -2.42. The van der Waals surface area contributed by atoms with Crippen LogP contribution >= 0.6 is 0 Å². The van der Waals surface area contributed by atoms with E-state index < -0.39 is 30.1 Å². The number of carbonyl (C=O) groups excluding carboxylic acids is 3. The summed E-state index contributed by atoms with van der Waals surface area (Å²) in [5, 5.41) is 0. The summed E-state index contributed by atoms with van der Waals surface area (Å²) in [6, 6.07) is -1.58. The Morgan fingerprint density at radius 3 is 1.86 bits per heavy atom. The molecule has 7 nitrogen and oxygen atoms in total. The van der Waals surface area contributed by atoms with Crippen molar-refractivity contribution in [2.24, 2.45) is 23.3 Å². The summed E-state index contributed by atoms with van der Waals surface area (Å²) in [7, 11) is 0. The SMILES string of the molecule is CC[C@H](C)[C@H](N)C(=O)OCC(C=O)OC(=O)[C@@H](N)[C@@H](C)CC. The first-order valence-electron chi connectivity index (χ1n) is 7.61. The van der Waals surface area contributed by atoms with Crippen LogP contribution in [-0.2, 0) is 23.9 Å². The molecule has 0 spiro atoms. The summed E-state index contributed by atoms with van der Waals surface area (Å²) in [5.41, 5.74) is 11.4. The average molecular weight is 316 g/mol. The summed E-state index contributed by atoms with van der Waals surface area (Å²) in [6.45, 7) is 7.09. The van der Waals surface area contributed by atoms with Gasteiger partial charge in [-0.2, -0.15) is 0 Å². The zero-order valence-electron chi connectivity index (χ0n) is 13.8. The molecule has 128 valence electrons. The van der Waals surface area contributed by atoms with Crippen LogP contribution in [0.15, 0.2) is 0 Å². The van der Waals surface area contributed by atoms with Gasteiger partial charge in [-0.1, -0.05) is 40.5 Å². The van der Waals surface area contributed by atoms with Crippen molar-refractivity contribution in [1.29, 1.82) is 0 Å². The van der Waals surface area contributed by atoms with Crippen molar-refractivity contribution in [3.05, 3.63) is 0 Å². The third-order valence-electron chi connectivity index (χ3n) is 3.87. The smallest absolute Gasteiger partial charge is 0.324 e. The van der Waals surface area contributed by atoms with Gasteiger partial charge in [0.15, 0.2) is 12.4 Å². The normalized spacial score (nSPS) is 17.7. The van der Waals surface area contributed by atoms with Gasteiger partial charge in [0.25, 0.3) is 0 Å². The van der Waals surface area contributed by atoms with Gasteiger partial charge in [-0.3, -0.25) is 14.4 Å². The molecule has 0 heterocycles. The third-order valence-corrected chi connectivity index (χ3v) is 3.87. The Morgan fingerprint density at radius 2 is 1.45 bits per heavy atom. The first kappa shape index (κ1) is 20.5. The molecular formula is C15H28N2O5. The molecule has 0 aromatic carbocycles. The van der Waals surface area contributed by atoms with E-state index in [1.54, 1.807) is 0 Å². The van der Waals surface area contributed by atoms with E-state index in [1.165, 1.54) is 0 Å². The van der Waals surface area contributed by atoms with Crippen molar-refractivity contribution in [3.8, 4) is 0 Å². The van der Waals surface area contributed by atoms with E-state index >= 15 is 0 Å². The van der Waals surface area contributed by atoms with Crippen molar-refractivity contribution in [3.63, 3.8) is 0 Å². The second-order valence-corrected chi connectivity index (χ2v) is 5.56. The fraction of sp³-hybridized carbons (Fsp3) is 0.800. The van der Waals surface area contributed by atoms with Crippen molar-refractivity contribution >= 4 is 18.2 Å². The van der Waals surface area contributed by atoms with Crippen molar-refractivity contribution in [2.45, 2.75) is 58.7 Å². The molecule has 0 aromatic heterocycles. The second kappa shape index (κ2) is 10.3. The zero-order chi connectivity index (χ0) is 17.3. The summed E-state index contributed by atoms with van der Waals surface area (Å²) in [6.07, 6.45) is 0.673. The van der Waals surface area contributed by atoms with Gasteiger partial charge < -0.3 is 20.9 Å². The van der Waals surface area contributed by atoms with E-state index in [0.717, 1.165) is 6.42 Å². The van der Waals surface area contributed by atoms with E-state index in [-0.39, 0.29) is 18.4 Å². The van der Waals surface area contributed by atoms with Crippen LogP contribution in [0, 0.1) is 11.8 Å². The maximum atomic E-state index is 11.8. The molecule has 4 N–H and O–H groups in total. The van der Waals surface area contributed by atoms with E-state index in [9.17, 15) is 14.4 Å². The van der Waals surface area contributed by atoms with Gasteiger partial charge in [-0.25, -0.2) is 0 Å². The predicted octanol–water partition coefficient (Wildman–Crippen LogP) is 0.387. The molecule has 5 atom stereocenters. The summed E-state index contributed by atoms with van der Waals surface area (Å²) < 4.78 is 9.89. The highest BCUT2D eigenvalue weighted by Crippen LogP contribution is 2.09. The molecule has 0 saturated carbocycles. The number of hydrogen-bond acceptors (Lipinski definition) is 7. The Kier molecular flexibility index (Phi) is 9.60. The number of nitrogens with two attached hydrogens (primary N) is 2. The molecule has 0 saturated heterocycles. The molecule has 0 aliphatic carbocycles. The number of carbonyl (C=O) groups is 3. The first-order chi connectivity index (χ1) is 10.3. The first-order valence-corrected chi connectivity index (χ1v) is 7.61. The monoisotopic (exact) mass is 316 g/mol. The zero-order valence-corrected chi connectivity index (χ0v) is 13.8. The van der Waals surface area contributed by atoms with E-state index in [4.69, 9.17) is 20.9 Å². The maximum absolute atomic E-state index is 11.8. The molecule has 22 heavy (non-hydrogen) atoms. The minimum atomic E-state index is -1.17. The van der Waals surface area contributed by atoms with Crippen LogP contribution in [0.1, 0.15) is 40.5 Å². The van der Waals surface area contributed by atoms with Crippen molar-refractivity contribution < 1.29 is 23.9 Å². The molecule has 0 rings (SSSR count). The van der Waals surface area contributed by atoms with E-state index in [1.807, 2.05) is 27.7 Å². The number of rotatable bonds is 10. The standard InChI is InChI=1S/C15H28N2O5/c1-5-9(3)12(16)14(19)21-8-11(7-18)22-15(20)13(17)10(4)6-2/h7,9-13H,5-6,8,16-17H2,1-4H3/t9-,10-,11?,12-,13-/m0/s1. The molecule has 0 aliphatic rings. The number of hydrogen-bond donors (Lipinski definition) is 2. The van der Waals surface area contributed by atoms with Crippen molar-refractivity contribution in [2.75, 3.05) is 6.61 Å². The van der Waals surface area contributed by atoms with E-state index in [2.05, 4.69) is 0 Å². The van der Waals surface area contributed by atoms with Gasteiger partial charge in [-0.05, 0) is 11.8 Å². The van der Waals surface area contributed by atoms with E-state index in [0.29, 0.717) is 12.7 Å². The van der Waals surface area contributed by atoms with Gasteiger partial charge in [0.05, 0.1) is 0 Å². The molecule has 0 fully saturated rings. The molecule has 0 bridgehead atoms. The highest BCUT2D eigenvalue weighted by Gasteiger charge is 2.26. The molecule has 7 heteroatoms. The maximum Gasteiger partial charge on any atom is 0.324 e. The predicted molar refractivity (Wildman–Crippen MR) is 81.8 cm³/mol. The lowest BCUT2D eigenvalue weighted by molar-refractivity contribution is -0.163. The lowest BCUT2D eigenvalue weighted by atomic mass is 10.0. The molecule has 0 aromatic rings. The molecule has 1 unspecified atom stereocenters. The highest BCUT2D eigenvalue weighted by molar-refractivity contribution is 5.78. The number of ether oxygens (including phenoxy) is 2. The molecule has 0 radical (unpaired) electrons. The van der Waals surface area contributed by atoms with Crippen molar-refractivity contribution in [1.82, 2.24) is 0 Å². The number of esters is 2. The minimum absolute atomic E-state index is 0.0384. The summed E-state index contributed by atoms with van der Waals surface area (Å²) in [4.78, 5) is 34.4. The summed E-state index contributed by atoms with van der Waals surface area (Å²) >= 11 is 0. The van der Waals surface area contributed by atoms with Gasteiger partial charge >= 0.3 is 11.9 Å². The molecule has 0 amide bonds. The van der Waals surface area contributed by atoms with Gasteiger partial charge in [0, 0.05) is 0 Å². The van der Waals surface area contributed by atoms with Crippen LogP contribution in [0.2, 0.25) is 0 Å². The van der Waals surface area contributed by atoms with Gasteiger partial charge in [-0.15, -0.1) is 0 Å². The lowest BCUT2D eigenvalue weighted by Gasteiger charge is -2.21. The Hall–Kier alpha value is -1.47. The Labute approximate surface area is 131 Å². The van der Waals surface area contributed by atoms with Gasteiger partial charge in [0.1, 0.15) is 18.7 Å². The van der Waals surface area contributed by atoms with Crippen LogP contribution in [0.5, 0.6) is 0 Å². The Morgan fingerprint density at radius 1 is 1.00 bits per heavy atom. The van der Waals surface area contributed by atoms with Crippen LogP contribution in [-0.4, -0.2) is 43.0 Å². The van der Waals surface area contributed by atoms with Crippen LogP contribution < -0.4 is 11.5 Å². The van der Waals surface area contributed by atoms with Crippen LogP contribution in [0.3, 0.4) is 0 Å². The van der Waals surface area contributed by atoms with Crippen LogP contribution in [0.4, 0.5) is 0 Å². The summed E-state index contributed by atoms with van der Waals surface area (Å²) in [5.74, 6) is -1.41. The minimum Gasteiger partial charge on any atom is -0.460 e. The molecule has 0 aliphatic heterocycles. The quantitative estimate of drug-likeness (QED) is 0.441. The number of aldehydes is 1. The van der Waals surface area contributed by atoms with Crippen LogP contribution in [0.25, 0.3) is 0 Å². The Bertz CT molecular complexity index is 375. The third kappa shape index (κ3) is 6.53. The topological polar surface area (TPSA) is 122 Å². The Balaban J connectivity index is 4.41.